The summed E-state index contributed by atoms with van der Waals surface area (Å²) in [6, 6.07) is 4.69. The molecule has 0 aliphatic carbocycles. The third kappa shape index (κ3) is 5.00. The third-order valence-corrected chi connectivity index (χ3v) is 4.79. The molecule has 0 fully saturated rings. The van der Waals surface area contributed by atoms with Crippen LogP contribution >= 0.6 is 0 Å². The minimum absolute atomic E-state index is 0.00386. The van der Waals surface area contributed by atoms with Crippen LogP contribution in [0.1, 0.15) is 19.4 Å². The number of rotatable bonds is 8. The first kappa shape index (κ1) is 17.4. The maximum atomic E-state index is 12.1. The molecule has 0 aliphatic rings. The Balaban J connectivity index is 2.88. The molecule has 1 aromatic carbocycles. The van der Waals surface area contributed by atoms with Crippen molar-refractivity contribution in [2.24, 2.45) is 0 Å². The van der Waals surface area contributed by atoms with Crippen LogP contribution in [0.15, 0.2) is 24.3 Å². The van der Waals surface area contributed by atoms with E-state index in [1.165, 1.54) is 12.1 Å². The molecule has 3 N–H and O–H groups in total. The molecule has 0 spiro atoms. The van der Waals surface area contributed by atoms with Crippen molar-refractivity contribution < 1.29 is 23.4 Å². The van der Waals surface area contributed by atoms with E-state index >= 15 is 0 Å². The van der Waals surface area contributed by atoms with Crippen LogP contribution in [0.25, 0.3) is 0 Å². The zero-order valence-corrected chi connectivity index (χ0v) is 12.8. The Bertz CT molecular complexity index is 567. The average molecular weight is 316 g/mol. The molecular formula is C13H20N2O5S. The summed E-state index contributed by atoms with van der Waals surface area (Å²) in [7, 11) is -3.84. The quantitative estimate of drug-likeness (QED) is 0.650. The standard InChI is InChI=1S/C13H20N2O5S/c1-3-15(4-2)21(19,20)14-12(13(17)18)9-10-5-7-11(16)8-6-10/h5-8,12,14,16H,3-4,9H2,1-2H3,(H,17,18). The molecule has 0 amide bonds. The van der Waals surface area contributed by atoms with Crippen molar-refractivity contribution in [2.45, 2.75) is 26.3 Å². The minimum Gasteiger partial charge on any atom is -0.508 e. The zero-order valence-electron chi connectivity index (χ0n) is 12.0. The molecule has 118 valence electrons. The first-order valence-corrected chi connectivity index (χ1v) is 8.02. The highest BCUT2D eigenvalue weighted by Gasteiger charge is 2.27. The fraction of sp³-hybridized carbons (Fsp3) is 0.462. The smallest absolute Gasteiger partial charge is 0.322 e. The molecular weight excluding hydrogens is 296 g/mol. The minimum atomic E-state index is -3.84. The fourth-order valence-corrected chi connectivity index (χ4v) is 3.24. The largest absolute Gasteiger partial charge is 0.508 e. The maximum absolute atomic E-state index is 12.1. The number of carboxylic acids is 1. The molecule has 1 aromatic rings. The van der Waals surface area contributed by atoms with E-state index in [-0.39, 0.29) is 25.3 Å². The predicted molar refractivity (Wildman–Crippen MR) is 78.2 cm³/mol. The van der Waals surface area contributed by atoms with E-state index in [2.05, 4.69) is 4.72 Å². The highest BCUT2D eigenvalue weighted by Crippen LogP contribution is 2.12. The molecule has 0 saturated carbocycles. The van der Waals surface area contributed by atoms with Gasteiger partial charge in [0.05, 0.1) is 0 Å². The van der Waals surface area contributed by atoms with Crippen LogP contribution in [-0.4, -0.2) is 48.0 Å². The monoisotopic (exact) mass is 316 g/mol. The lowest BCUT2D eigenvalue weighted by molar-refractivity contribution is -0.138. The first-order valence-electron chi connectivity index (χ1n) is 6.58. The van der Waals surface area contributed by atoms with E-state index in [9.17, 15) is 23.4 Å². The number of phenolic OH excluding ortho intramolecular Hbond substituents is 1. The predicted octanol–water partition coefficient (Wildman–Crippen LogP) is 0.564. The topological polar surface area (TPSA) is 107 Å². The lowest BCUT2D eigenvalue weighted by Gasteiger charge is -2.22. The third-order valence-electron chi connectivity index (χ3n) is 3.01. The van der Waals surface area contributed by atoms with E-state index in [0.717, 1.165) is 4.31 Å². The SMILES string of the molecule is CCN(CC)S(=O)(=O)NC(Cc1ccc(O)cc1)C(=O)O. The van der Waals surface area contributed by atoms with E-state index in [0.29, 0.717) is 5.56 Å². The molecule has 0 saturated heterocycles. The molecule has 1 rings (SSSR count). The zero-order chi connectivity index (χ0) is 16.0. The lowest BCUT2D eigenvalue weighted by atomic mass is 10.1. The summed E-state index contributed by atoms with van der Waals surface area (Å²) < 4.78 is 27.5. The van der Waals surface area contributed by atoms with Crippen LogP contribution in [0.4, 0.5) is 0 Å². The van der Waals surface area contributed by atoms with Crippen molar-refractivity contribution in [3.8, 4) is 5.75 Å². The molecule has 0 aliphatic heterocycles. The Hall–Kier alpha value is -1.64. The molecule has 0 heterocycles. The summed E-state index contributed by atoms with van der Waals surface area (Å²) in [6.07, 6.45) is -0.00386. The van der Waals surface area contributed by atoms with Gasteiger partial charge in [0.1, 0.15) is 11.8 Å². The Kier molecular flexibility index (Phi) is 6.13. The maximum Gasteiger partial charge on any atom is 0.322 e. The number of hydrogen-bond donors (Lipinski definition) is 3. The number of phenols is 1. The Morgan fingerprint density at radius 2 is 1.76 bits per heavy atom. The van der Waals surface area contributed by atoms with Gasteiger partial charge in [-0.1, -0.05) is 26.0 Å². The molecule has 1 atom stereocenters. The summed E-state index contributed by atoms with van der Waals surface area (Å²) in [5.41, 5.74) is 0.613. The van der Waals surface area contributed by atoms with Crippen LogP contribution in [-0.2, 0) is 21.4 Å². The van der Waals surface area contributed by atoms with Gasteiger partial charge >= 0.3 is 5.97 Å². The van der Waals surface area contributed by atoms with Gasteiger partial charge in [0, 0.05) is 13.1 Å². The van der Waals surface area contributed by atoms with Crippen molar-refractivity contribution >= 4 is 16.2 Å². The van der Waals surface area contributed by atoms with E-state index in [4.69, 9.17) is 0 Å². The second-order valence-corrected chi connectivity index (χ2v) is 6.17. The summed E-state index contributed by atoms with van der Waals surface area (Å²) >= 11 is 0. The highest BCUT2D eigenvalue weighted by atomic mass is 32.2. The lowest BCUT2D eigenvalue weighted by Crippen LogP contribution is -2.49. The number of aromatic hydroxyl groups is 1. The van der Waals surface area contributed by atoms with E-state index in [1.807, 2.05) is 0 Å². The number of hydrogen-bond acceptors (Lipinski definition) is 4. The molecule has 7 nitrogen and oxygen atoms in total. The van der Waals surface area contributed by atoms with Gasteiger partial charge in [-0.15, -0.1) is 0 Å². The van der Waals surface area contributed by atoms with Crippen molar-refractivity contribution in [3.63, 3.8) is 0 Å². The first-order chi connectivity index (χ1) is 9.80. The van der Waals surface area contributed by atoms with Gasteiger partial charge < -0.3 is 10.2 Å². The fourth-order valence-electron chi connectivity index (χ4n) is 1.86. The van der Waals surface area contributed by atoms with Gasteiger partial charge in [0.25, 0.3) is 10.2 Å². The van der Waals surface area contributed by atoms with Gasteiger partial charge in [-0.25, -0.2) is 0 Å². The van der Waals surface area contributed by atoms with Crippen molar-refractivity contribution in [3.05, 3.63) is 29.8 Å². The number of aliphatic carboxylic acids is 1. The Labute approximate surface area is 124 Å². The number of nitrogens with one attached hydrogen (secondary N) is 1. The number of nitrogens with zero attached hydrogens (tertiary/aromatic N) is 1. The van der Waals surface area contributed by atoms with Gasteiger partial charge in [-0.05, 0) is 24.1 Å². The highest BCUT2D eigenvalue weighted by molar-refractivity contribution is 7.87. The van der Waals surface area contributed by atoms with Gasteiger partial charge in [0.2, 0.25) is 0 Å². The molecule has 21 heavy (non-hydrogen) atoms. The van der Waals surface area contributed by atoms with E-state index in [1.54, 1.807) is 26.0 Å². The summed E-state index contributed by atoms with van der Waals surface area (Å²) in [6.45, 7) is 3.88. The second-order valence-electron chi connectivity index (χ2n) is 4.47. The number of benzene rings is 1. The summed E-state index contributed by atoms with van der Waals surface area (Å²) in [5.74, 6) is -1.19. The summed E-state index contributed by atoms with van der Waals surface area (Å²) in [4.78, 5) is 11.3. The van der Waals surface area contributed by atoms with Gasteiger partial charge in [0.15, 0.2) is 0 Å². The van der Waals surface area contributed by atoms with E-state index < -0.39 is 22.2 Å². The molecule has 0 bridgehead atoms. The normalized spacial score (nSPS) is 13.3. The summed E-state index contributed by atoms with van der Waals surface area (Å²) in [5, 5.41) is 18.4. The molecule has 1 unspecified atom stereocenters. The molecule has 0 radical (unpaired) electrons. The molecule has 0 aromatic heterocycles. The van der Waals surface area contributed by atoms with Crippen LogP contribution in [0.5, 0.6) is 5.75 Å². The van der Waals surface area contributed by atoms with Gasteiger partial charge in [-0.2, -0.15) is 17.4 Å². The van der Waals surface area contributed by atoms with Crippen LogP contribution < -0.4 is 4.72 Å². The van der Waals surface area contributed by atoms with Crippen molar-refractivity contribution in [1.82, 2.24) is 9.03 Å². The van der Waals surface area contributed by atoms with Crippen molar-refractivity contribution in [1.29, 1.82) is 0 Å². The molecule has 8 heteroatoms. The average Bonchev–Trinajstić information content (AvgIpc) is 2.41. The number of carbonyl (C=O) groups is 1. The van der Waals surface area contributed by atoms with Crippen LogP contribution in [0, 0.1) is 0 Å². The second kappa shape index (κ2) is 7.39. The van der Waals surface area contributed by atoms with Crippen LogP contribution in [0.2, 0.25) is 0 Å². The van der Waals surface area contributed by atoms with Crippen molar-refractivity contribution in [2.75, 3.05) is 13.1 Å². The Morgan fingerprint density at radius 3 is 2.19 bits per heavy atom. The van der Waals surface area contributed by atoms with Crippen LogP contribution in [0.3, 0.4) is 0 Å². The van der Waals surface area contributed by atoms with Gasteiger partial charge in [-0.3, -0.25) is 4.79 Å². The Morgan fingerprint density at radius 1 is 1.24 bits per heavy atom. The number of carboxylic acid groups (broad SMARTS) is 1.